The molecule has 2 unspecified atom stereocenters. The van der Waals surface area contributed by atoms with Crippen LogP contribution in [-0.4, -0.2) is 114 Å². The van der Waals surface area contributed by atoms with Crippen LogP contribution >= 0.6 is 33.2 Å². The molecule has 5 atom stereocenters. The van der Waals surface area contributed by atoms with Crippen molar-refractivity contribution in [2.24, 2.45) is 17.3 Å². The van der Waals surface area contributed by atoms with Gasteiger partial charge in [0.2, 0.25) is 17.7 Å². The molecule has 2 saturated heterocycles. The molecule has 2 fully saturated rings. The molecule has 4 rings (SSSR count). The van der Waals surface area contributed by atoms with Crippen LogP contribution in [-0.2, 0) is 46.4 Å². The lowest BCUT2D eigenvalue weighted by molar-refractivity contribution is -0.171. The first-order valence-corrected chi connectivity index (χ1v) is 25.1. The SMILES string of the molecule is COc1ccc(C[C@@H](NC(=O)/C=C/CC[C@H](C)C2OC2c2ccc(CN3CCN(C(=O)CCC(C)(C)SSC)CC3)cc2)C(=O)NCC(C)(C)C(=O)O[C@@H](CC(C)C)C(=O)O)cc1Cl. The summed E-state index contributed by atoms with van der Waals surface area (Å²) in [5.74, 6) is -2.03. The number of allylic oxidation sites excluding steroid dienone is 1. The van der Waals surface area contributed by atoms with Crippen molar-refractivity contribution in [1.82, 2.24) is 20.4 Å². The summed E-state index contributed by atoms with van der Waals surface area (Å²) >= 11 is 6.36. The number of ether oxygens (including phenoxy) is 3. The molecule has 3 amide bonds. The van der Waals surface area contributed by atoms with Crippen LogP contribution in [0.1, 0.15) is 103 Å². The Bertz CT molecular complexity index is 1920. The number of carboxylic acid groups (broad SMARTS) is 1. The molecule has 2 aliphatic rings. The maximum absolute atomic E-state index is 13.6. The number of benzene rings is 2. The van der Waals surface area contributed by atoms with E-state index in [9.17, 15) is 29.1 Å². The van der Waals surface area contributed by atoms with Gasteiger partial charge in [0.15, 0.2) is 6.10 Å². The molecule has 354 valence electrons. The summed E-state index contributed by atoms with van der Waals surface area (Å²) in [5, 5.41) is 15.5. The number of epoxide rings is 1. The summed E-state index contributed by atoms with van der Waals surface area (Å²) in [4.78, 5) is 68.8. The zero-order chi connectivity index (χ0) is 47.2. The smallest absolute Gasteiger partial charge is 0.345 e. The molecule has 0 aliphatic carbocycles. The van der Waals surface area contributed by atoms with Crippen LogP contribution in [0, 0.1) is 17.3 Å². The van der Waals surface area contributed by atoms with Crippen molar-refractivity contribution in [2.75, 3.05) is 46.1 Å². The number of amides is 3. The molecule has 0 aromatic heterocycles. The Kier molecular flexibility index (Phi) is 20.4. The lowest BCUT2D eigenvalue weighted by Crippen LogP contribution is -2.51. The summed E-state index contributed by atoms with van der Waals surface area (Å²) in [5.41, 5.74) is 1.80. The van der Waals surface area contributed by atoms with Gasteiger partial charge in [-0.25, -0.2) is 4.79 Å². The highest BCUT2D eigenvalue weighted by molar-refractivity contribution is 8.76. The third-order valence-electron chi connectivity index (χ3n) is 11.6. The number of aliphatic carboxylic acids is 1. The highest BCUT2D eigenvalue weighted by Gasteiger charge is 2.43. The van der Waals surface area contributed by atoms with Crippen LogP contribution < -0.4 is 15.4 Å². The minimum Gasteiger partial charge on any atom is -0.495 e. The van der Waals surface area contributed by atoms with Crippen molar-refractivity contribution in [3.8, 4) is 5.75 Å². The van der Waals surface area contributed by atoms with E-state index in [2.05, 4.69) is 66.8 Å². The lowest BCUT2D eigenvalue weighted by Gasteiger charge is -2.35. The van der Waals surface area contributed by atoms with Crippen molar-refractivity contribution in [3.63, 3.8) is 0 Å². The van der Waals surface area contributed by atoms with Crippen molar-refractivity contribution >= 4 is 62.8 Å². The van der Waals surface area contributed by atoms with E-state index in [4.69, 9.17) is 25.8 Å². The summed E-state index contributed by atoms with van der Waals surface area (Å²) in [6.45, 7) is 17.3. The fourth-order valence-electron chi connectivity index (χ4n) is 7.52. The van der Waals surface area contributed by atoms with Crippen LogP contribution in [0.2, 0.25) is 5.02 Å². The van der Waals surface area contributed by atoms with Crippen molar-refractivity contribution in [3.05, 3.63) is 76.3 Å². The van der Waals surface area contributed by atoms with Crippen LogP contribution in [0.3, 0.4) is 0 Å². The standard InChI is InChI=1S/C48H69ClN4O9S2/c1-31(2)26-39(45(57)58)61-46(59)47(4,5)30-50-44(56)37(28-34-16-19-38(60-8)36(49)27-34)51-40(54)13-11-10-12-32(3)42-43(62-42)35-17-14-33(15-18-35)29-52-22-24-53(25-23-52)41(55)20-21-48(6,7)64-63-9/h11,13-19,27,31-32,37,39,42-43H,10,12,20-26,28-30H2,1-9H3,(H,50,56)(H,51,54)(H,57,58)/b13-11+/t32-,37+,39-,42?,43?/m0/s1. The molecule has 0 saturated carbocycles. The maximum Gasteiger partial charge on any atom is 0.345 e. The highest BCUT2D eigenvalue weighted by Crippen LogP contribution is 2.44. The van der Waals surface area contributed by atoms with Gasteiger partial charge >= 0.3 is 11.9 Å². The van der Waals surface area contributed by atoms with Crippen LogP contribution in [0.15, 0.2) is 54.6 Å². The van der Waals surface area contributed by atoms with Gasteiger partial charge in [-0.3, -0.25) is 24.1 Å². The topological polar surface area (TPSA) is 167 Å². The fourth-order valence-corrected chi connectivity index (χ4v) is 10.0. The molecular weight excluding hydrogens is 876 g/mol. The summed E-state index contributed by atoms with van der Waals surface area (Å²) < 4.78 is 16.8. The molecular formula is C48H69ClN4O9S2. The van der Waals surface area contributed by atoms with E-state index in [1.165, 1.54) is 18.7 Å². The molecule has 13 nitrogen and oxygen atoms in total. The largest absolute Gasteiger partial charge is 0.495 e. The molecule has 2 aliphatic heterocycles. The van der Waals surface area contributed by atoms with Gasteiger partial charge in [-0.2, -0.15) is 0 Å². The normalized spacial score (nSPS) is 18.3. The number of piperazine rings is 1. The van der Waals surface area contributed by atoms with E-state index in [1.54, 1.807) is 48.9 Å². The first-order valence-electron chi connectivity index (χ1n) is 22.2. The molecule has 16 heteroatoms. The second kappa shape index (κ2) is 24.7. The van der Waals surface area contributed by atoms with Crippen LogP contribution in [0.4, 0.5) is 0 Å². The highest BCUT2D eigenvalue weighted by atomic mass is 35.5. The van der Waals surface area contributed by atoms with Gasteiger partial charge in [-0.15, -0.1) is 0 Å². The van der Waals surface area contributed by atoms with Crippen molar-refractivity contribution in [1.29, 1.82) is 0 Å². The molecule has 2 aromatic carbocycles. The maximum atomic E-state index is 13.6. The molecule has 0 radical (unpaired) electrons. The molecule has 0 spiro atoms. The Balaban J connectivity index is 1.24. The number of nitrogens with one attached hydrogen (secondary N) is 2. The van der Waals surface area contributed by atoms with E-state index in [0.717, 1.165) is 51.1 Å². The van der Waals surface area contributed by atoms with Gasteiger partial charge < -0.3 is 34.9 Å². The molecule has 2 aromatic rings. The zero-order valence-electron chi connectivity index (χ0n) is 38.9. The molecule has 64 heavy (non-hydrogen) atoms. The molecule has 2 heterocycles. The van der Waals surface area contributed by atoms with Crippen LogP contribution in [0.25, 0.3) is 0 Å². The van der Waals surface area contributed by atoms with Gasteiger partial charge in [0, 0.05) is 56.9 Å². The summed E-state index contributed by atoms with van der Waals surface area (Å²) in [6, 6.07) is 12.7. The molecule has 0 bridgehead atoms. The minimum atomic E-state index is -1.30. The summed E-state index contributed by atoms with van der Waals surface area (Å²) in [6.07, 6.45) is 7.24. The first kappa shape index (κ1) is 52.9. The second-order valence-electron chi connectivity index (χ2n) is 18.6. The number of carbonyl (C=O) groups excluding carboxylic acids is 4. The molecule has 3 N–H and O–H groups in total. The van der Waals surface area contributed by atoms with Gasteiger partial charge in [0.25, 0.3) is 0 Å². The van der Waals surface area contributed by atoms with E-state index >= 15 is 0 Å². The van der Waals surface area contributed by atoms with Crippen LogP contribution in [0.5, 0.6) is 5.75 Å². The minimum absolute atomic E-state index is 0.0129. The van der Waals surface area contributed by atoms with Gasteiger partial charge in [0.05, 0.1) is 23.7 Å². The number of esters is 1. The number of carbonyl (C=O) groups is 5. The number of carboxylic acids is 1. The van der Waals surface area contributed by atoms with Gasteiger partial charge in [-0.1, -0.05) is 90.4 Å². The zero-order valence-corrected chi connectivity index (χ0v) is 41.3. The Morgan fingerprint density at radius 1 is 1.00 bits per heavy atom. The number of halogens is 1. The van der Waals surface area contributed by atoms with Crippen molar-refractivity contribution in [2.45, 2.75) is 123 Å². The van der Waals surface area contributed by atoms with Crippen molar-refractivity contribution < 1.29 is 43.3 Å². The third-order valence-corrected chi connectivity index (χ3v) is 14.6. The quantitative estimate of drug-likeness (QED) is 0.0382. The Labute approximate surface area is 392 Å². The van der Waals surface area contributed by atoms with Gasteiger partial charge in [0.1, 0.15) is 17.9 Å². The van der Waals surface area contributed by atoms with E-state index in [-0.39, 0.29) is 54.1 Å². The first-order chi connectivity index (χ1) is 30.2. The summed E-state index contributed by atoms with van der Waals surface area (Å²) in [7, 11) is 5.08. The number of rotatable bonds is 25. The fraction of sp³-hybridized carbons (Fsp3) is 0.604. The average Bonchev–Trinajstić information content (AvgIpc) is 4.05. The van der Waals surface area contributed by atoms with E-state index in [1.807, 2.05) is 29.5 Å². The number of methoxy groups -OCH3 is 1. The lowest BCUT2D eigenvalue weighted by atomic mass is 9.93. The number of hydrogen-bond donors (Lipinski definition) is 3. The van der Waals surface area contributed by atoms with E-state index in [0.29, 0.717) is 29.2 Å². The monoisotopic (exact) mass is 944 g/mol. The van der Waals surface area contributed by atoms with Gasteiger partial charge in [-0.05, 0) is 106 Å². The Morgan fingerprint density at radius 2 is 1.67 bits per heavy atom. The predicted molar refractivity (Wildman–Crippen MR) is 255 cm³/mol. The third kappa shape index (κ3) is 16.9. The average molecular weight is 946 g/mol. The Hall–Kier alpha value is -3.76. The second-order valence-corrected chi connectivity index (χ2v) is 22.1. The predicted octanol–water partition coefficient (Wildman–Crippen LogP) is 7.89. The Morgan fingerprint density at radius 3 is 2.28 bits per heavy atom. The number of nitrogens with zero attached hydrogens (tertiary/aromatic N) is 2. The number of hydrogen-bond acceptors (Lipinski definition) is 11. The van der Waals surface area contributed by atoms with E-state index < -0.39 is 41.3 Å².